The average molecular weight is 196 g/mol. The van der Waals surface area contributed by atoms with Gasteiger partial charge >= 0.3 is 0 Å². The van der Waals surface area contributed by atoms with E-state index in [1.54, 1.807) is 14.2 Å². The van der Waals surface area contributed by atoms with Crippen LogP contribution in [0, 0.1) is 5.41 Å². The molecule has 0 aromatic rings. The first-order valence-electron chi connectivity index (χ1n) is 5.18. The topological polar surface area (TPSA) is 18.5 Å². The van der Waals surface area contributed by atoms with E-state index >= 15 is 0 Å². The third-order valence-electron chi connectivity index (χ3n) is 2.81. The fourth-order valence-electron chi connectivity index (χ4n) is 2.09. The highest BCUT2D eigenvalue weighted by Gasteiger charge is 2.34. The molecule has 1 atom stereocenters. The molecule has 0 spiro atoms. The maximum absolute atomic E-state index is 5.50. The molecule has 1 rings (SSSR count). The van der Waals surface area contributed by atoms with Gasteiger partial charge < -0.3 is 9.47 Å². The molecule has 0 heterocycles. The Labute approximate surface area is 86.6 Å². The van der Waals surface area contributed by atoms with Crippen molar-refractivity contribution >= 4 is 0 Å². The minimum absolute atomic E-state index is 0.0551. The second-order valence-electron chi connectivity index (χ2n) is 3.76. The zero-order valence-corrected chi connectivity index (χ0v) is 9.32. The van der Waals surface area contributed by atoms with Crippen LogP contribution in [0.5, 0.6) is 0 Å². The highest BCUT2D eigenvalue weighted by molar-refractivity contribution is 5.27. The Kier molecular flexibility index (Phi) is 4.36. The summed E-state index contributed by atoms with van der Waals surface area (Å²) in [6.07, 6.45) is 11.0. The summed E-state index contributed by atoms with van der Waals surface area (Å²) in [5, 5.41) is 0. The van der Waals surface area contributed by atoms with Crippen LogP contribution in [-0.2, 0) is 9.47 Å². The van der Waals surface area contributed by atoms with E-state index in [2.05, 4.69) is 31.2 Å². The van der Waals surface area contributed by atoms with E-state index in [0.717, 1.165) is 12.8 Å². The number of ether oxygens (including phenoxy) is 2. The molecule has 0 aromatic carbocycles. The third kappa shape index (κ3) is 2.25. The normalized spacial score (nSPS) is 20.2. The van der Waals surface area contributed by atoms with Gasteiger partial charge in [0.1, 0.15) is 0 Å². The van der Waals surface area contributed by atoms with Crippen molar-refractivity contribution in [3.05, 3.63) is 24.3 Å². The van der Waals surface area contributed by atoms with Crippen LogP contribution in [0.3, 0.4) is 0 Å². The highest BCUT2D eigenvalue weighted by atomic mass is 16.5. The Balaban J connectivity index is 2.74. The number of hydrogen-bond donors (Lipinski definition) is 0. The Morgan fingerprint density at radius 2 is 1.86 bits per heavy atom. The Bertz CT molecular complexity index is 206. The summed E-state index contributed by atoms with van der Waals surface area (Å²) >= 11 is 0. The molecule has 1 aliphatic rings. The number of allylic oxidation sites excluding steroid dienone is 2. The molecule has 0 amide bonds. The van der Waals surface area contributed by atoms with E-state index in [1.165, 1.54) is 0 Å². The molecule has 0 saturated heterocycles. The zero-order chi connectivity index (χ0) is 10.4. The van der Waals surface area contributed by atoms with Crippen molar-refractivity contribution < 1.29 is 9.47 Å². The van der Waals surface area contributed by atoms with Gasteiger partial charge in [-0.05, 0) is 6.42 Å². The predicted molar refractivity (Wildman–Crippen MR) is 58.3 cm³/mol. The first kappa shape index (κ1) is 11.5. The molecule has 0 N–H and O–H groups in total. The van der Waals surface area contributed by atoms with E-state index in [0.29, 0.717) is 6.61 Å². The smallest absolute Gasteiger partial charge is 0.0929 e. The quantitative estimate of drug-likeness (QED) is 0.650. The monoisotopic (exact) mass is 196 g/mol. The summed E-state index contributed by atoms with van der Waals surface area (Å²) in [5.41, 5.74) is 0.0551. The minimum Gasteiger partial charge on any atom is -0.382 e. The van der Waals surface area contributed by atoms with Crippen LogP contribution in [0.25, 0.3) is 0 Å². The fourth-order valence-corrected chi connectivity index (χ4v) is 2.09. The summed E-state index contributed by atoms with van der Waals surface area (Å²) in [7, 11) is 3.47. The van der Waals surface area contributed by atoms with Gasteiger partial charge in [-0.1, -0.05) is 37.6 Å². The van der Waals surface area contributed by atoms with Crippen LogP contribution in [0.1, 0.15) is 19.8 Å². The van der Waals surface area contributed by atoms with Gasteiger partial charge in [-0.2, -0.15) is 0 Å². The van der Waals surface area contributed by atoms with Gasteiger partial charge in [0.15, 0.2) is 0 Å². The summed E-state index contributed by atoms with van der Waals surface area (Å²) in [6.45, 7) is 2.84. The standard InChI is InChI=1S/C12H20O2/c1-4-7-12(8-5-6-9-12)11(14-3)10-13-2/h5-6,8-9,11H,4,7,10H2,1-3H3. The molecule has 0 aliphatic heterocycles. The lowest BCUT2D eigenvalue weighted by Crippen LogP contribution is -2.36. The maximum Gasteiger partial charge on any atom is 0.0929 e. The molecule has 1 aliphatic carbocycles. The lowest BCUT2D eigenvalue weighted by molar-refractivity contribution is -0.0221. The second kappa shape index (κ2) is 5.32. The van der Waals surface area contributed by atoms with Crippen molar-refractivity contribution in [2.24, 2.45) is 5.41 Å². The highest BCUT2D eigenvalue weighted by Crippen LogP contribution is 2.36. The van der Waals surface area contributed by atoms with Crippen molar-refractivity contribution in [3.63, 3.8) is 0 Å². The first-order chi connectivity index (χ1) is 6.79. The third-order valence-corrected chi connectivity index (χ3v) is 2.81. The summed E-state index contributed by atoms with van der Waals surface area (Å²) in [4.78, 5) is 0. The van der Waals surface area contributed by atoms with E-state index in [1.807, 2.05) is 0 Å². The molecule has 14 heavy (non-hydrogen) atoms. The Morgan fingerprint density at radius 3 is 2.29 bits per heavy atom. The van der Waals surface area contributed by atoms with Crippen LogP contribution in [0.4, 0.5) is 0 Å². The zero-order valence-electron chi connectivity index (χ0n) is 9.32. The SMILES string of the molecule is CCCC1(C(COC)OC)C=CC=C1. The lowest BCUT2D eigenvalue weighted by Gasteiger charge is -2.33. The summed E-state index contributed by atoms with van der Waals surface area (Å²) in [6, 6.07) is 0. The Morgan fingerprint density at radius 1 is 1.21 bits per heavy atom. The van der Waals surface area contributed by atoms with E-state index < -0.39 is 0 Å². The molecule has 0 aromatic heterocycles. The number of hydrogen-bond acceptors (Lipinski definition) is 2. The average Bonchev–Trinajstić information content (AvgIpc) is 2.64. The van der Waals surface area contributed by atoms with Gasteiger partial charge in [-0.3, -0.25) is 0 Å². The number of methoxy groups -OCH3 is 2. The fraction of sp³-hybridized carbons (Fsp3) is 0.667. The van der Waals surface area contributed by atoms with Gasteiger partial charge in [-0.25, -0.2) is 0 Å². The van der Waals surface area contributed by atoms with Gasteiger partial charge in [-0.15, -0.1) is 0 Å². The number of rotatable bonds is 6. The van der Waals surface area contributed by atoms with Crippen molar-refractivity contribution in [2.75, 3.05) is 20.8 Å². The molecule has 80 valence electrons. The largest absolute Gasteiger partial charge is 0.382 e. The van der Waals surface area contributed by atoms with Crippen LogP contribution < -0.4 is 0 Å². The van der Waals surface area contributed by atoms with E-state index in [9.17, 15) is 0 Å². The van der Waals surface area contributed by atoms with Gasteiger partial charge in [0.05, 0.1) is 12.7 Å². The molecule has 0 bridgehead atoms. The lowest BCUT2D eigenvalue weighted by atomic mass is 9.79. The first-order valence-corrected chi connectivity index (χ1v) is 5.18. The van der Waals surface area contributed by atoms with Crippen LogP contribution >= 0.6 is 0 Å². The maximum atomic E-state index is 5.50. The molecular formula is C12H20O2. The van der Waals surface area contributed by atoms with Gasteiger partial charge in [0.25, 0.3) is 0 Å². The molecule has 0 fully saturated rings. The minimum atomic E-state index is 0.0551. The van der Waals surface area contributed by atoms with Crippen LogP contribution in [0.15, 0.2) is 24.3 Å². The molecule has 2 heteroatoms. The van der Waals surface area contributed by atoms with Crippen LogP contribution in [-0.4, -0.2) is 26.9 Å². The van der Waals surface area contributed by atoms with Crippen molar-refractivity contribution in [1.82, 2.24) is 0 Å². The summed E-state index contributed by atoms with van der Waals surface area (Å²) in [5.74, 6) is 0. The molecule has 0 radical (unpaired) electrons. The molecular weight excluding hydrogens is 176 g/mol. The van der Waals surface area contributed by atoms with Crippen molar-refractivity contribution in [3.8, 4) is 0 Å². The van der Waals surface area contributed by atoms with Crippen molar-refractivity contribution in [1.29, 1.82) is 0 Å². The summed E-state index contributed by atoms with van der Waals surface area (Å²) < 4.78 is 10.7. The molecule has 1 unspecified atom stereocenters. The predicted octanol–water partition coefficient (Wildman–Crippen LogP) is 2.56. The molecule has 2 nitrogen and oxygen atoms in total. The molecule has 0 saturated carbocycles. The van der Waals surface area contributed by atoms with E-state index in [-0.39, 0.29) is 11.5 Å². The second-order valence-corrected chi connectivity index (χ2v) is 3.76. The van der Waals surface area contributed by atoms with E-state index in [4.69, 9.17) is 9.47 Å². The van der Waals surface area contributed by atoms with Gasteiger partial charge in [0.2, 0.25) is 0 Å². The van der Waals surface area contributed by atoms with Crippen LogP contribution in [0.2, 0.25) is 0 Å². The van der Waals surface area contributed by atoms with Gasteiger partial charge in [0, 0.05) is 19.6 Å². The Hall–Kier alpha value is -0.600. The van der Waals surface area contributed by atoms with Crippen molar-refractivity contribution in [2.45, 2.75) is 25.9 Å².